The molecule has 0 aliphatic carbocycles. The lowest BCUT2D eigenvalue weighted by Gasteiger charge is -2.04. The number of rotatable bonds is 4. The minimum Gasteiger partial charge on any atom is -0.487 e. The lowest BCUT2D eigenvalue weighted by molar-refractivity contribution is -0.385. The van der Waals surface area contributed by atoms with Gasteiger partial charge in [0.2, 0.25) is 5.89 Å². The molecule has 1 aromatic carbocycles. The number of aromatic nitrogens is 2. The summed E-state index contributed by atoms with van der Waals surface area (Å²) < 4.78 is 10.2. The molecule has 0 unspecified atom stereocenters. The second-order valence-electron chi connectivity index (χ2n) is 3.32. The summed E-state index contributed by atoms with van der Waals surface area (Å²) in [7, 11) is 0. The zero-order valence-corrected chi connectivity index (χ0v) is 9.49. The van der Waals surface area contributed by atoms with Crippen LogP contribution >= 0.6 is 0 Å². The Morgan fingerprint density at radius 2 is 2.28 bits per heavy atom. The molecule has 2 rings (SSSR count). The van der Waals surface area contributed by atoms with Crippen LogP contribution in [0.15, 0.2) is 22.6 Å². The second-order valence-corrected chi connectivity index (χ2v) is 3.32. The molecule has 8 nitrogen and oxygen atoms in total. The van der Waals surface area contributed by atoms with Gasteiger partial charge in [-0.15, -0.1) is 5.10 Å². The van der Waals surface area contributed by atoms with Gasteiger partial charge in [-0.2, -0.15) is 0 Å². The predicted octanol–water partition coefficient (Wildman–Crippen LogP) is 1.63. The predicted molar refractivity (Wildman–Crippen MR) is 62.0 cm³/mol. The first-order valence-electron chi connectivity index (χ1n) is 5.12. The first-order valence-corrected chi connectivity index (χ1v) is 5.12. The SMILES string of the molecule is CCOc1ccc(-c2nnc(N)o2)cc1[N+](=O)[O-]. The van der Waals surface area contributed by atoms with Crippen LogP contribution in [0.5, 0.6) is 5.75 Å². The van der Waals surface area contributed by atoms with Gasteiger partial charge in [-0.25, -0.2) is 0 Å². The van der Waals surface area contributed by atoms with E-state index in [1.165, 1.54) is 12.1 Å². The topological polar surface area (TPSA) is 117 Å². The van der Waals surface area contributed by atoms with Crippen LogP contribution in [-0.2, 0) is 0 Å². The van der Waals surface area contributed by atoms with Gasteiger partial charge in [-0.3, -0.25) is 10.1 Å². The standard InChI is InChI=1S/C10H10N4O4/c1-2-17-8-4-3-6(5-7(8)14(15)16)9-12-13-10(11)18-9/h3-5H,2H2,1H3,(H2,11,13). The van der Waals surface area contributed by atoms with E-state index in [0.29, 0.717) is 12.2 Å². The van der Waals surface area contributed by atoms with E-state index in [1.54, 1.807) is 13.0 Å². The van der Waals surface area contributed by atoms with Crippen LogP contribution in [-0.4, -0.2) is 21.7 Å². The Morgan fingerprint density at radius 1 is 1.50 bits per heavy atom. The molecule has 0 saturated heterocycles. The van der Waals surface area contributed by atoms with E-state index in [1.807, 2.05) is 0 Å². The maximum atomic E-state index is 10.9. The molecule has 18 heavy (non-hydrogen) atoms. The summed E-state index contributed by atoms with van der Waals surface area (Å²) in [5.41, 5.74) is 5.54. The van der Waals surface area contributed by atoms with Gasteiger partial charge >= 0.3 is 11.7 Å². The van der Waals surface area contributed by atoms with Crippen molar-refractivity contribution in [3.63, 3.8) is 0 Å². The van der Waals surface area contributed by atoms with Gasteiger partial charge in [0.1, 0.15) is 0 Å². The third kappa shape index (κ3) is 2.21. The van der Waals surface area contributed by atoms with Crippen molar-refractivity contribution in [1.82, 2.24) is 10.2 Å². The highest BCUT2D eigenvalue weighted by Gasteiger charge is 2.18. The largest absolute Gasteiger partial charge is 0.487 e. The fourth-order valence-corrected chi connectivity index (χ4v) is 1.42. The fourth-order valence-electron chi connectivity index (χ4n) is 1.42. The number of hydrogen-bond acceptors (Lipinski definition) is 7. The Bertz CT molecular complexity index is 581. The van der Waals surface area contributed by atoms with Crippen LogP contribution in [0.1, 0.15) is 6.92 Å². The third-order valence-electron chi connectivity index (χ3n) is 2.14. The Labute approximate surface area is 102 Å². The highest BCUT2D eigenvalue weighted by Crippen LogP contribution is 2.31. The molecule has 0 saturated carbocycles. The number of benzene rings is 1. The molecular weight excluding hydrogens is 240 g/mol. The van der Waals surface area contributed by atoms with E-state index in [0.717, 1.165) is 0 Å². The number of nitrogen functional groups attached to an aromatic ring is 1. The first kappa shape index (κ1) is 11.8. The molecule has 0 amide bonds. The summed E-state index contributed by atoms with van der Waals surface area (Å²) in [6, 6.07) is 4.28. The van der Waals surface area contributed by atoms with Gasteiger partial charge in [0.25, 0.3) is 0 Å². The van der Waals surface area contributed by atoms with Crippen molar-refractivity contribution in [2.75, 3.05) is 12.3 Å². The van der Waals surface area contributed by atoms with Crippen molar-refractivity contribution in [3.05, 3.63) is 28.3 Å². The van der Waals surface area contributed by atoms with E-state index in [4.69, 9.17) is 14.9 Å². The van der Waals surface area contributed by atoms with Gasteiger partial charge < -0.3 is 14.9 Å². The van der Waals surface area contributed by atoms with E-state index in [2.05, 4.69) is 10.2 Å². The normalized spacial score (nSPS) is 10.3. The minimum atomic E-state index is -0.534. The summed E-state index contributed by atoms with van der Waals surface area (Å²) in [4.78, 5) is 10.4. The lowest BCUT2D eigenvalue weighted by atomic mass is 10.2. The van der Waals surface area contributed by atoms with Crippen LogP contribution in [0.3, 0.4) is 0 Å². The summed E-state index contributed by atoms with van der Waals surface area (Å²) in [6.45, 7) is 2.09. The molecule has 1 aromatic heterocycles. The van der Waals surface area contributed by atoms with Crippen LogP contribution in [0.2, 0.25) is 0 Å². The van der Waals surface area contributed by atoms with Crippen molar-refractivity contribution in [2.24, 2.45) is 0 Å². The van der Waals surface area contributed by atoms with Gasteiger partial charge in [-0.05, 0) is 19.1 Å². The molecule has 8 heteroatoms. The van der Waals surface area contributed by atoms with Gasteiger partial charge in [0, 0.05) is 11.6 Å². The molecule has 2 N–H and O–H groups in total. The number of ether oxygens (including phenoxy) is 1. The molecule has 0 fully saturated rings. The summed E-state index contributed by atoms with van der Waals surface area (Å²) in [5.74, 6) is 0.317. The van der Waals surface area contributed by atoms with Crippen molar-refractivity contribution >= 4 is 11.7 Å². The smallest absolute Gasteiger partial charge is 0.313 e. The average molecular weight is 250 g/mol. The second kappa shape index (κ2) is 4.70. The molecule has 0 radical (unpaired) electrons. The van der Waals surface area contributed by atoms with Crippen molar-refractivity contribution in [3.8, 4) is 17.2 Å². The Kier molecular flexibility index (Phi) is 3.09. The van der Waals surface area contributed by atoms with Gasteiger partial charge in [-0.1, -0.05) is 5.10 Å². The summed E-state index contributed by atoms with van der Waals surface area (Å²) in [5, 5.41) is 18.1. The molecule has 0 aliphatic rings. The third-order valence-corrected chi connectivity index (χ3v) is 2.14. The van der Waals surface area contributed by atoms with Crippen molar-refractivity contribution < 1.29 is 14.1 Å². The molecular formula is C10H10N4O4. The van der Waals surface area contributed by atoms with E-state index < -0.39 is 4.92 Å². The Hall–Kier alpha value is -2.64. The van der Waals surface area contributed by atoms with Crippen molar-refractivity contribution in [1.29, 1.82) is 0 Å². The van der Waals surface area contributed by atoms with Crippen LogP contribution < -0.4 is 10.5 Å². The zero-order valence-electron chi connectivity index (χ0n) is 9.49. The summed E-state index contributed by atoms with van der Waals surface area (Å²) >= 11 is 0. The maximum absolute atomic E-state index is 10.9. The minimum absolute atomic E-state index is 0.0958. The molecule has 0 spiro atoms. The molecule has 94 valence electrons. The summed E-state index contributed by atoms with van der Waals surface area (Å²) in [6.07, 6.45) is 0. The Balaban J connectivity index is 2.46. The van der Waals surface area contributed by atoms with E-state index >= 15 is 0 Å². The van der Waals surface area contributed by atoms with E-state index in [9.17, 15) is 10.1 Å². The quantitative estimate of drug-likeness (QED) is 0.647. The molecule has 0 aliphatic heterocycles. The number of nitro groups is 1. The average Bonchev–Trinajstić information content (AvgIpc) is 2.76. The van der Waals surface area contributed by atoms with Gasteiger partial charge in [0.15, 0.2) is 5.75 Å². The van der Waals surface area contributed by atoms with Crippen LogP contribution in [0.25, 0.3) is 11.5 Å². The molecule has 2 aromatic rings. The lowest BCUT2D eigenvalue weighted by Crippen LogP contribution is -1.97. The van der Waals surface area contributed by atoms with Crippen LogP contribution in [0, 0.1) is 10.1 Å². The van der Waals surface area contributed by atoms with E-state index in [-0.39, 0.29) is 23.3 Å². The maximum Gasteiger partial charge on any atom is 0.313 e. The highest BCUT2D eigenvalue weighted by atomic mass is 16.6. The van der Waals surface area contributed by atoms with Crippen LogP contribution in [0.4, 0.5) is 11.7 Å². The fraction of sp³-hybridized carbons (Fsp3) is 0.200. The zero-order chi connectivity index (χ0) is 13.1. The molecule has 0 bridgehead atoms. The number of nitrogens with zero attached hydrogens (tertiary/aromatic N) is 3. The van der Waals surface area contributed by atoms with Crippen molar-refractivity contribution in [2.45, 2.75) is 6.92 Å². The first-order chi connectivity index (χ1) is 8.61. The number of nitro benzene ring substituents is 1. The number of nitrogens with two attached hydrogens (primary N) is 1. The van der Waals surface area contributed by atoms with Gasteiger partial charge in [0.05, 0.1) is 11.5 Å². The highest BCUT2D eigenvalue weighted by molar-refractivity contribution is 5.62. The number of anilines is 1. The monoisotopic (exact) mass is 250 g/mol. The Morgan fingerprint density at radius 3 is 2.83 bits per heavy atom. The number of hydrogen-bond donors (Lipinski definition) is 1. The molecule has 0 atom stereocenters. The molecule has 1 heterocycles.